The molecule has 0 radical (unpaired) electrons. The van der Waals surface area contributed by atoms with Crippen molar-refractivity contribution in [3.8, 4) is 0 Å². The summed E-state index contributed by atoms with van der Waals surface area (Å²) in [7, 11) is 2.01. The van der Waals surface area contributed by atoms with Crippen LogP contribution in [0, 0.1) is 5.41 Å². The number of nitrogen functional groups attached to an aromatic ring is 1. The molecule has 1 aromatic rings. The van der Waals surface area contributed by atoms with Crippen LogP contribution < -0.4 is 10.6 Å². The lowest BCUT2D eigenvalue weighted by molar-refractivity contribution is 0.146. The van der Waals surface area contributed by atoms with Gasteiger partial charge in [-0.2, -0.15) is 0 Å². The van der Waals surface area contributed by atoms with Crippen LogP contribution >= 0.6 is 0 Å². The minimum Gasteiger partial charge on any atom is -0.384 e. The molecule has 0 spiro atoms. The number of nitrogens with two attached hydrogens (primary N) is 1. The van der Waals surface area contributed by atoms with E-state index >= 15 is 0 Å². The first-order valence-electron chi connectivity index (χ1n) is 5.89. The van der Waals surface area contributed by atoms with Crippen LogP contribution in [0.1, 0.15) is 18.9 Å². The van der Waals surface area contributed by atoms with Gasteiger partial charge < -0.3 is 15.4 Å². The van der Waals surface area contributed by atoms with E-state index in [2.05, 4.69) is 4.90 Å². The standard InChI is InChI=1S/C13H21N3O/c1-3-17-10-6-9-16(2)12-8-5-4-7-11(12)13(14)15/h4-5,7-8H,3,6,9-10H2,1-2H3,(H3,14,15). The molecule has 0 fully saturated rings. The number of nitrogens with zero attached hydrogens (tertiary/aromatic N) is 1. The van der Waals surface area contributed by atoms with Crippen molar-refractivity contribution < 1.29 is 4.74 Å². The lowest BCUT2D eigenvalue weighted by Crippen LogP contribution is -2.24. The molecular weight excluding hydrogens is 214 g/mol. The molecule has 3 N–H and O–H groups in total. The molecule has 0 bridgehead atoms. The van der Waals surface area contributed by atoms with Gasteiger partial charge in [-0.25, -0.2) is 0 Å². The largest absolute Gasteiger partial charge is 0.384 e. The van der Waals surface area contributed by atoms with Crippen molar-refractivity contribution in [3.63, 3.8) is 0 Å². The van der Waals surface area contributed by atoms with E-state index in [0.717, 1.165) is 37.4 Å². The second-order valence-electron chi connectivity index (χ2n) is 3.90. The van der Waals surface area contributed by atoms with Crippen molar-refractivity contribution in [1.82, 2.24) is 0 Å². The van der Waals surface area contributed by atoms with Gasteiger partial charge in [0, 0.05) is 38.1 Å². The molecule has 0 saturated heterocycles. The van der Waals surface area contributed by atoms with Crippen LogP contribution in [0.2, 0.25) is 0 Å². The summed E-state index contributed by atoms with van der Waals surface area (Å²) in [6.07, 6.45) is 0.969. The van der Waals surface area contributed by atoms with Crippen LogP contribution in [-0.4, -0.2) is 32.6 Å². The second kappa shape index (κ2) is 6.91. The number of amidine groups is 1. The Bertz CT molecular complexity index is 365. The van der Waals surface area contributed by atoms with Crippen LogP contribution in [0.5, 0.6) is 0 Å². The molecule has 4 nitrogen and oxygen atoms in total. The maximum atomic E-state index is 7.54. The van der Waals surface area contributed by atoms with Gasteiger partial charge in [0.05, 0.1) is 0 Å². The maximum Gasteiger partial charge on any atom is 0.124 e. The number of rotatable bonds is 7. The summed E-state index contributed by atoms with van der Waals surface area (Å²) in [5.74, 6) is 0.109. The lowest BCUT2D eigenvalue weighted by atomic mass is 10.1. The summed E-state index contributed by atoms with van der Waals surface area (Å²) in [4.78, 5) is 2.11. The summed E-state index contributed by atoms with van der Waals surface area (Å²) in [5, 5.41) is 7.54. The number of nitrogens with one attached hydrogen (secondary N) is 1. The van der Waals surface area contributed by atoms with Crippen LogP contribution in [0.15, 0.2) is 24.3 Å². The van der Waals surface area contributed by atoms with Gasteiger partial charge in [0.1, 0.15) is 5.84 Å². The van der Waals surface area contributed by atoms with E-state index in [9.17, 15) is 0 Å². The molecule has 94 valence electrons. The predicted molar refractivity (Wildman–Crippen MR) is 71.8 cm³/mol. The molecule has 1 aromatic carbocycles. The summed E-state index contributed by atoms with van der Waals surface area (Å²) in [6.45, 7) is 4.41. The lowest BCUT2D eigenvalue weighted by Gasteiger charge is -2.21. The third-order valence-corrected chi connectivity index (χ3v) is 2.59. The van der Waals surface area contributed by atoms with E-state index in [1.165, 1.54) is 0 Å². The molecule has 0 aliphatic heterocycles. The first-order chi connectivity index (χ1) is 8.16. The van der Waals surface area contributed by atoms with Gasteiger partial charge in [0.15, 0.2) is 0 Å². The zero-order chi connectivity index (χ0) is 12.7. The Morgan fingerprint density at radius 3 is 2.76 bits per heavy atom. The number of benzene rings is 1. The topological polar surface area (TPSA) is 62.3 Å². The number of hydrogen-bond donors (Lipinski definition) is 2. The zero-order valence-electron chi connectivity index (χ0n) is 10.6. The molecule has 17 heavy (non-hydrogen) atoms. The van der Waals surface area contributed by atoms with Gasteiger partial charge in [-0.1, -0.05) is 12.1 Å². The second-order valence-corrected chi connectivity index (χ2v) is 3.90. The highest BCUT2D eigenvalue weighted by molar-refractivity contribution is 6.00. The first kappa shape index (κ1) is 13.5. The highest BCUT2D eigenvalue weighted by Crippen LogP contribution is 2.18. The van der Waals surface area contributed by atoms with Crippen molar-refractivity contribution in [2.24, 2.45) is 5.73 Å². The molecule has 0 saturated carbocycles. The fraction of sp³-hybridized carbons (Fsp3) is 0.462. The smallest absolute Gasteiger partial charge is 0.124 e. The average molecular weight is 235 g/mol. The fourth-order valence-corrected chi connectivity index (χ4v) is 1.70. The van der Waals surface area contributed by atoms with Crippen LogP contribution in [0.25, 0.3) is 0 Å². The average Bonchev–Trinajstić information content (AvgIpc) is 2.34. The highest BCUT2D eigenvalue weighted by atomic mass is 16.5. The van der Waals surface area contributed by atoms with Gasteiger partial charge in [-0.05, 0) is 25.5 Å². The van der Waals surface area contributed by atoms with Gasteiger partial charge in [0.2, 0.25) is 0 Å². The molecule has 0 aliphatic carbocycles. The quantitative estimate of drug-likeness (QED) is 0.430. The predicted octanol–water partition coefficient (Wildman–Crippen LogP) is 1.83. The normalized spacial score (nSPS) is 10.2. The minimum absolute atomic E-state index is 0.109. The Hall–Kier alpha value is -1.55. The summed E-state index contributed by atoms with van der Waals surface area (Å²) in [5.41, 5.74) is 7.34. The van der Waals surface area contributed by atoms with Crippen LogP contribution in [0.3, 0.4) is 0 Å². The molecule has 0 atom stereocenters. The van der Waals surface area contributed by atoms with Crippen molar-refractivity contribution in [2.45, 2.75) is 13.3 Å². The Morgan fingerprint density at radius 2 is 2.12 bits per heavy atom. The van der Waals surface area contributed by atoms with Gasteiger partial charge in [-0.15, -0.1) is 0 Å². The van der Waals surface area contributed by atoms with E-state index in [1.54, 1.807) is 0 Å². The van der Waals surface area contributed by atoms with E-state index in [4.69, 9.17) is 15.9 Å². The summed E-state index contributed by atoms with van der Waals surface area (Å²) >= 11 is 0. The van der Waals surface area contributed by atoms with Gasteiger partial charge >= 0.3 is 0 Å². The number of ether oxygens (including phenoxy) is 1. The number of anilines is 1. The van der Waals surface area contributed by atoms with Gasteiger partial charge in [0.25, 0.3) is 0 Å². The van der Waals surface area contributed by atoms with Gasteiger partial charge in [-0.3, -0.25) is 5.41 Å². The molecule has 0 heterocycles. The Kier molecular flexibility index (Phi) is 5.49. The first-order valence-corrected chi connectivity index (χ1v) is 5.89. The highest BCUT2D eigenvalue weighted by Gasteiger charge is 2.08. The number of hydrogen-bond acceptors (Lipinski definition) is 3. The van der Waals surface area contributed by atoms with Crippen LogP contribution in [-0.2, 0) is 4.74 Å². The number of para-hydroxylation sites is 1. The molecule has 4 heteroatoms. The molecular formula is C13H21N3O. The Morgan fingerprint density at radius 1 is 1.41 bits per heavy atom. The maximum absolute atomic E-state index is 7.54. The van der Waals surface area contributed by atoms with E-state index < -0.39 is 0 Å². The van der Waals surface area contributed by atoms with Crippen molar-refractivity contribution in [3.05, 3.63) is 29.8 Å². The molecule has 0 aromatic heterocycles. The van der Waals surface area contributed by atoms with E-state index in [-0.39, 0.29) is 5.84 Å². The molecule has 0 aliphatic rings. The molecule has 0 unspecified atom stereocenters. The van der Waals surface area contributed by atoms with Crippen molar-refractivity contribution in [2.75, 3.05) is 31.7 Å². The van der Waals surface area contributed by atoms with Crippen molar-refractivity contribution >= 4 is 11.5 Å². The summed E-state index contributed by atoms with van der Waals surface area (Å²) in [6, 6.07) is 7.71. The third-order valence-electron chi connectivity index (χ3n) is 2.59. The van der Waals surface area contributed by atoms with E-state index in [0.29, 0.717) is 0 Å². The Labute approximate surface area is 103 Å². The summed E-state index contributed by atoms with van der Waals surface area (Å²) < 4.78 is 5.30. The third kappa shape index (κ3) is 4.07. The zero-order valence-corrected chi connectivity index (χ0v) is 10.6. The minimum atomic E-state index is 0.109. The van der Waals surface area contributed by atoms with Crippen LogP contribution in [0.4, 0.5) is 5.69 Å². The molecule has 0 amide bonds. The van der Waals surface area contributed by atoms with Crippen molar-refractivity contribution in [1.29, 1.82) is 5.41 Å². The Balaban J connectivity index is 2.62. The SMILES string of the molecule is CCOCCCN(C)c1ccccc1C(=N)N. The van der Waals surface area contributed by atoms with E-state index in [1.807, 2.05) is 38.2 Å². The molecule has 1 rings (SSSR count). The fourth-order valence-electron chi connectivity index (χ4n) is 1.70. The monoisotopic (exact) mass is 235 g/mol.